The fourth-order valence-electron chi connectivity index (χ4n) is 0.955. The predicted octanol–water partition coefficient (Wildman–Crippen LogP) is 1.88. The fourth-order valence-corrected chi connectivity index (χ4v) is 0.955. The highest BCUT2D eigenvalue weighted by Gasteiger charge is 2.28. The molecule has 0 fully saturated rings. The second-order valence-corrected chi connectivity index (χ2v) is 2.52. The van der Waals surface area contributed by atoms with Gasteiger partial charge in [-0.2, -0.15) is 13.2 Å². The number of hydrogen-bond donors (Lipinski definition) is 1. The molecule has 0 saturated carbocycles. The second kappa shape index (κ2) is 3.68. The van der Waals surface area contributed by atoms with Gasteiger partial charge in [0.05, 0.1) is 0 Å². The smallest absolute Gasteiger partial charge is 0.356 e. The van der Waals surface area contributed by atoms with Gasteiger partial charge in [0, 0.05) is 18.9 Å². The molecule has 74 valence electrons. The second-order valence-electron chi connectivity index (χ2n) is 2.52. The standard InChI is InChI=1S/C7H10F3N3/c1-2-11-6-12-3-4-13(6)5-7(8,9)10/h3-4H,2,5H2,1H3,(H,11,12). The Labute approximate surface area is 73.6 Å². The molecule has 0 amide bonds. The van der Waals surface area contributed by atoms with Gasteiger partial charge in [0.15, 0.2) is 0 Å². The van der Waals surface area contributed by atoms with Crippen molar-refractivity contribution >= 4 is 5.95 Å². The zero-order valence-corrected chi connectivity index (χ0v) is 7.10. The molecule has 1 rings (SSSR count). The van der Waals surface area contributed by atoms with E-state index in [1.54, 1.807) is 6.92 Å². The maximum absolute atomic E-state index is 12.0. The van der Waals surface area contributed by atoms with Gasteiger partial charge in [-0.3, -0.25) is 0 Å². The van der Waals surface area contributed by atoms with E-state index >= 15 is 0 Å². The van der Waals surface area contributed by atoms with Crippen molar-refractivity contribution in [3.8, 4) is 0 Å². The van der Waals surface area contributed by atoms with Crippen molar-refractivity contribution < 1.29 is 13.2 Å². The lowest BCUT2D eigenvalue weighted by Gasteiger charge is -2.10. The van der Waals surface area contributed by atoms with Crippen LogP contribution in [0, 0.1) is 0 Å². The van der Waals surface area contributed by atoms with Gasteiger partial charge in [0.2, 0.25) is 5.95 Å². The van der Waals surface area contributed by atoms with E-state index in [0.29, 0.717) is 6.54 Å². The summed E-state index contributed by atoms with van der Waals surface area (Å²) in [7, 11) is 0. The molecule has 0 aliphatic rings. The molecule has 0 aliphatic carbocycles. The Morgan fingerprint density at radius 3 is 2.77 bits per heavy atom. The van der Waals surface area contributed by atoms with Crippen LogP contribution in [-0.2, 0) is 6.54 Å². The van der Waals surface area contributed by atoms with Crippen molar-refractivity contribution in [1.82, 2.24) is 9.55 Å². The van der Waals surface area contributed by atoms with Crippen LogP contribution in [0.15, 0.2) is 12.4 Å². The Balaban J connectivity index is 2.70. The third kappa shape index (κ3) is 2.96. The first-order chi connectivity index (χ1) is 6.03. The average molecular weight is 193 g/mol. The normalized spacial score (nSPS) is 11.7. The van der Waals surface area contributed by atoms with Crippen LogP contribution in [0.4, 0.5) is 19.1 Å². The van der Waals surface area contributed by atoms with Crippen LogP contribution in [0.1, 0.15) is 6.92 Å². The first kappa shape index (κ1) is 9.88. The summed E-state index contributed by atoms with van der Waals surface area (Å²) in [5.41, 5.74) is 0. The van der Waals surface area contributed by atoms with Crippen molar-refractivity contribution in [1.29, 1.82) is 0 Å². The number of alkyl halides is 3. The van der Waals surface area contributed by atoms with E-state index in [2.05, 4.69) is 10.3 Å². The predicted molar refractivity (Wildman–Crippen MR) is 42.4 cm³/mol. The van der Waals surface area contributed by atoms with E-state index in [4.69, 9.17) is 0 Å². The van der Waals surface area contributed by atoms with Crippen molar-refractivity contribution in [2.24, 2.45) is 0 Å². The summed E-state index contributed by atoms with van der Waals surface area (Å²) in [4.78, 5) is 3.74. The molecule has 0 spiro atoms. The molecule has 6 heteroatoms. The maximum Gasteiger partial charge on any atom is 0.406 e. The fraction of sp³-hybridized carbons (Fsp3) is 0.571. The van der Waals surface area contributed by atoms with E-state index in [1.165, 1.54) is 12.4 Å². The Hall–Kier alpha value is -1.20. The Morgan fingerprint density at radius 2 is 2.23 bits per heavy atom. The molecule has 13 heavy (non-hydrogen) atoms. The van der Waals surface area contributed by atoms with Gasteiger partial charge in [-0.15, -0.1) is 0 Å². The molecule has 0 bridgehead atoms. The van der Waals surface area contributed by atoms with Crippen molar-refractivity contribution in [3.63, 3.8) is 0 Å². The third-order valence-corrected chi connectivity index (χ3v) is 1.40. The summed E-state index contributed by atoms with van der Waals surface area (Å²) < 4.78 is 36.9. The monoisotopic (exact) mass is 193 g/mol. The van der Waals surface area contributed by atoms with E-state index in [1.807, 2.05) is 0 Å². The first-order valence-electron chi connectivity index (χ1n) is 3.84. The number of hydrogen-bond acceptors (Lipinski definition) is 2. The van der Waals surface area contributed by atoms with Crippen molar-refractivity contribution in [2.75, 3.05) is 11.9 Å². The number of nitrogens with one attached hydrogen (secondary N) is 1. The molecule has 0 aliphatic heterocycles. The number of imidazole rings is 1. The minimum Gasteiger partial charge on any atom is -0.356 e. The van der Waals surface area contributed by atoms with Gasteiger partial charge < -0.3 is 9.88 Å². The summed E-state index contributed by atoms with van der Waals surface area (Å²) in [5, 5.41) is 2.73. The molecule has 0 saturated heterocycles. The summed E-state index contributed by atoms with van der Waals surface area (Å²) in [5.74, 6) is 0.250. The molecule has 0 aromatic carbocycles. The lowest BCUT2D eigenvalue weighted by Crippen LogP contribution is -2.19. The van der Waals surface area contributed by atoms with Gasteiger partial charge in [-0.1, -0.05) is 0 Å². The summed E-state index contributed by atoms with van der Waals surface area (Å²) >= 11 is 0. The van der Waals surface area contributed by atoms with Crippen LogP contribution in [0.5, 0.6) is 0 Å². The van der Waals surface area contributed by atoms with Gasteiger partial charge in [-0.25, -0.2) is 4.98 Å². The first-order valence-corrected chi connectivity index (χ1v) is 3.84. The molecular formula is C7H10F3N3. The number of halogens is 3. The number of aromatic nitrogens is 2. The summed E-state index contributed by atoms with van der Waals surface area (Å²) in [6, 6.07) is 0. The largest absolute Gasteiger partial charge is 0.406 e. The Bertz CT molecular complexity index is 266. The van der Waals surface area contributed by atoms with Crippen LogP contribution in [-0.4, -0.2) is 22.3 Å². The highest BCUT2D eigenvalue weighted by Crippen LogP contribution is 2.19. The highest BCUT2D eigenvalue weighted by molar-refractivity contribution is 5.25. The van der Waals surface area contributed by atoms with E-state index in [0.717, 1.165) is 4.57 Å². The molecule has 0 radical (unpaired) electrons. The van der Waals surface area contributed by atoms with Gasteiger partial charge >= 0.3 is 6.18 Å². The lowest BCUT2D eigenvalue weighted by molar-refractivity contribution is -0.140. The molecule has 1 N–H and O–H groups in total. The molecule has 0 unspecified atom stereocenters. The maximum atomic E-state index is 12.0. The summed E-state index contributed by atoms with van der Waals surface area (Å²) in [6.07, 6.45) is -1.57. The van der Waals surface area contributed by atoms with Gasteiger partial charge in [0.25, 0.3) is 0 Å². The van der Waals surface area contributed by atoms with Crippen LogP contribution in [0.3, 0.4) is 0 Å². The van der Waals surface area contributed by atoms with Crippen LogP contribution < -0.4 is 5.32 Å². The quantitative estimate of drug-likeness (QED) is 0.794. The molecule has 1 heterocycles. The van der Waals surface area contributed by atoms with E-state index in [9.17, 15) is 13.2 Å². The Morgan fingerprint density at radius 1 is 1.54 bits per heavy atom. The molecule has 1 aromatic rings. The molecule has 0 atom stereocenters. The number of nitrogens with zero attached hydrogens (tertiary/aromatic N) is 2. The molecule has 1 aromatic heterocycles. The van der Waals surface area contributed by atoms with Gasteiger partial charge in [0.1, 0.15) is 6.54 Å². The minimum absolute atomic E-state index is 0.250. The molecule has 3 nitrogen and oxygen atoms in total. The summed E-state index contributed by atoms with van der Waals surface area (Å²) in [6.45, 7) is 1.34. The van der Waals surface area contributed by atoms with Crippen LogP contribution in [0.25, 0.3) is 0 Å². The van der Waals surface area contributed by atoms with Crippen molar-refractivity contribution in [3.05, 3.63) is 12.4 Å². The van der Waals surface area contributed by atoms with Gasteiger partial charge in [-0.05, 0) is 6.92 Å². The molecular weight excluding hydrogens is 183 g/mol. The highest BCUT2D eigenvalue weighted by atomic mass is 19.4. The van der Waals surface area contributed by atoms with Crippen LogP contribution >= 0.6 is 0 Å². The minimum atomic E-state index is -4.20. The number of anilines is 1. The zero-order chi connectivity index (χ0) is 9.90. The SMILES string of the molecule is CCNc1nccn1CC(F)(F)F. The van der Waals surface area contributed by atoms with Crippen molar-refractivity contribution in [2.45, 2.75) is 19.6 Å². The zero-order valence-electron chi connectivity index (χ0n) is 7.10. The topological polar surface area (TPSA) is 29.9 Å². The third-order valence-electron chi connectivity index (χ3n) is 1.40. The van der Waals surface area contributed by atoms with Crippen LogP contribution in [0.2, 0.25) is 0 Å². The number of rotatable bonds is 3. The Kier molecular flexibility index (Phi) is 2.79. The van der Waals surface area contributed by atoms with E-state index in [-0.39, 0.29) is 5.95 Å². The van der Waals surface area contributed by atoms with E-state index < -0.39 is 12.7 Å². The lowest BCUT2D eigenvalue weighted by atomic mass is 10.6. The average Bonchev–Trinajstić information content (AvgIpc) is 2.34.